The van der Waals surface area contributed by atoms with E-state index in [0.717, 1.165) is 53.5 Å². The number of aromatic nitrogens is 4. The van der Waals surface area contributed by atoms with Crippen molar-refractivity contribution in [2.75, 3.05) is 18.1 Å². The van der Waals surface area contributed by atoms with Gasteiger partial charge in [0.25, 0.3) is 0 Å². The highest BCUT2D eigenvalue weighted by molar-refractivity contribution is 5.91. The highest BCUT2D eigenvalue weighted by Gasteiger charge is 2.43. The minimum absolute atomic E-state index is 0.119. The van der Waals surface area contributed by atoms with E-state index < -0.39 is 5.41 Å². The van der Waals surface area contributed by atoms with E-state index in [1.807, 2.05) is 52.2 Å². The normalized spacial score (nSPS) is 19.8. The summed E-state index contributed by atoms with van der Waals surface area (Å²) in [7, 11) is 0. The van der Waals surface area contributed by atoms with Crippen LogP contribution in [0.5, 0.6) is 0 Å². The van der Waals surface area contributed by atoms with Crippen LogP contribution in [0, 0.1) is 13.8 Å². The zero-order valence-electron chi connectivity index (χ0n) is 19.6. The molecular weight excluding hydrogens is 414 g/mol. The number of hydrogen-bond acceptors (Lipinski definition) is 7. The highest BCUT2D eigenvalue weighted by Crippen LogP contribution is 2.35. The fourth-order valence-corrected chi connectivity index (χ4v) is 4.91. The van der Waals surface area contributed by atoms with Crippen molar-refractivity contribution in [3.05, 3.63) is 65.6 Å². The van der Waals surface area contributed by atoms with E-state index in [1.165, 1.54) is 0 Å². The van der Waals surface area contributed by atoms with E-state index >= 15 is 0 Å². The van der Waals surface area contributed by atoms with E-state index in [4.69, 9.17) is 4.74 Å². The van der Waals surface area contributed by atoms with Gasteiger partial charge in [-0.15, -0.1) is 0 Å². The fraction of sp³-hybridized carbons (Fsp3) is 0.423. The summed E-state index contributed by atoms with van der Waals surface area (Å²) in [5.74, 6) is 1.74. The third-order valence-electron chi connectivity index (χ3n) is 6.96. The molecule has 170 valence electrons. The lowest BCUT2D eigenvalue weighted by Crippen LogP contribution is -2.64. The van der Waals surface area contributed by atoms with Crippen LogP contribution in [0.15, 0.2) is 43.0 Å². The van der Waals surface area contributed by atoms with Crippen molar-refractivity contribution in [2.45, 2.75) is 58.0 Å². The molecule has 3 aromatic rings. The van der Waals surface area contributed by atoms with E-state index in [0.29, 0.717) is 17.8 Å². The van der Waals surface area contributed by atoms with Crippen LogP contribution in [0.1, 0.15) is 42.9 Å². The third-order valence-corrected chi connectivity index (χ3v) is 6.96. The van der Waals surface area contributed by atoms with E-state index in [1.54, 1.807) is 12.4 Å². The number of aryl methyl sites for hydroxylation is 2. The van der Waals surface area contributed by atoms with Crippen LogP contribution in [-0.2, 0) is 21.4 Å². The highest BCUT2D eigenvalue weighted by atomic mass is 16.5. The Kier molecular flexibility index (Phi) is 5.44. The smallest absolute Gasteiger partial charge is 0.148 e. The molecule has 1 aromatic carbocycles. The second kappa shape index (κ2) is 8.30. The van der Waals surface area contributed by atoms with Crippen LogP contribution in [0.3, 0.4) is 0 Å². The Bertz CT molecular complexity index is 1160. The van der Waals surface area contributed by atoms with E-state index in [2.05, 4.69) is 30.9 Å². The van der Waals surface area contributed by atoms with Crippen molar-refractivity contribution in [3.63, 3.8) is 0 Å². The van der Waals surface area contributed by atoms with Crippen molar-refractivity contribution < 1.29 is 9.53 Å². The molecule has 4 heterocycles. The standard InChI is InChI=1S/C26H29N5O2/c1-16-7-18(19-10-27-17(2)28-11-19)5-6-23(16)26(3,4)24(32)8-20-12-30-25(13-29-20)31-21-9-22(31)15-33-14-21/h5-7,10-13,21-22H,8-9,14-15H2,1-4H3. The molecule has 0 saturated carbocycles. The lowest BCUT2D eigenvalue weighted by atomic mass is 9.76. The van der Waals surface area contributed by atoms with Gasteiger partial charge in [-0.3, -0.25) is 9.78 Å². The lowest BCUT2D eigenvalue weighted by Gasteiger charge is -2.52. The Balaban J connectivity index is 1.30. The van der Waals surface area contributed by atoms with Gasteiger partial charge in [-0.05, 0) is 50.8 Å². The van der Waals surface area contributed by atoms with Gasteiger partial charge in [0, 0.05) is 23.4 Å². The first-order chi connectivity index (χ1) is 15.8. The number of carbonyl (C=O) groups excluding carboxylic acids is 1. The summed E-state index contributed by atoms with van der Waals surface area (Å²) < 4.78 is 5.55. The van der Waals surface area contributed by atoms with Gasteiger partial charge in [-0.2, -0.15) is 0 Å². The van der Waals surface area contributed by atoms with Gasteiger partial charge < -0.3 is 9.64 Å². The maximum Gasteiger partial charge on any atom is 0.148 e. The topological polar surface area (TPSA) is 81.1 Å². The van der Waals surface area contributed by atoms with Gasteiger partial charge in [0.2, 0.25) is 0 Å². The van der Waals surface area contributed by atoms with Gasteiger partial charge in [-0.1, -0.05) is 18.2 Å². The second-order valence-electron chi connectivity index (χ2n) is 9.63. The van der Waals surface area contributed by atoms with Crippen molar-refractivity contribution in [2.24, 2.45) is 0 Å². The average Bonchev–Trinajstić information content (AvgIpc) is 2.81. The summed E-state index contributed by atoms with van der Waals surface area (Å²) in [4.78, 5) is 33.3. The van der Waals surface area contributed by atoms with Gasteiger partial charge in [0.15, 0.2) is 0 Å². The minimum atomic E-state index is -0.640. The number of carbonyl (C=O) groups is 1. The van der Waals surface area contributed by atoms with Crippen LogP contribution < -0.4 is 4.90 Å². The maximum atomic E-state index is 13.3. The molecule has 2 aliphatic rings. The molecule has 2 fully saturated rings. The number of rotatable bonds is 6. The number of ketones is 1. The number of benzene rings is 1. The van der Waals surface area contributed by atoms with Crippen molar-refractivity contribution in [1.82, 2.24) is 19.9 Å². The van der Waals surface area contributed by atoms with Crippen LogP contribution in [-0.4, -0.2) is 51.0 Å². The second-order valence-corrected chi connectivity index (χ2v) is 9.63. The monoisotopic (exact) mass is 443 g/mol. The maximum absolute atomic E-state index is 13.3. The zero-order chi connectivity index (χ0) is 23.2. The number of anilines is 1. The summed E-state index contributed by atoms with van der Waals surface area (Å²) in [5, 5.41) is 0. The van der Waals surface area contributed by atoms with Crippen LogP contribution >= 0.6 is 0 Å². The molecule has 0 spiro atoms. The first-order valence-electron chi connectivity index (χ1n) is 11.4. The van der Waals surface area contributed by atoms with Crippen LogP contribution in [0.25, 0.3) is 11.1 Å². The van der Waals surface area contributed by atoms with E-state index in [-0.39, 0.29) is 12.2 Å². The summed E-state index contributed by atoms with van der Waals surface area (Å²) in [6, 6.07) is 6.99. The molecule has 2 atom stereocenters. The van der Waals surface area contributed by atoms with Crippen molar-refractivity contribution in [3.8, 4) is 11.1 Å². The number of nitrogens with zero attached hydrogens (tertiary/aromatic N) is 5. The zero-order valence-corrected chi connectivity index (χ0v) is 19.6. The molecule has 5 rings (SSSR count). The molecule has 33 heavy (non-hydrogen) atoms. The molecule has 0 N–H and O–H groups in total. The minimum Gasteiger partial charge on any atom is -0.377 e. The molecule has 7 nitrogen and oxygen atoms in total. The van der Waals surface area contributed by atoms with Crippen molar-refractivity contribution in [1.29, 1.82) is 0 Å². The first-order valence-corrected chi connectivity index (χ1v) is 11.4. The largest absolute Gasteiger partial charge is 0.377 e. The Morgan fingerprint density at radius 3 is 2.33 bits per heavy atom. The summed E-state index contributed by atoms with van der Waals surface area (Å²) >= 11 is 0. The number of fused-ring (bicyclic) bond motifs is 2. The number of Topliss-reactive ketones (excluding diaryl/α,β-unsaturated/α-hetero) is 1. The quantitative estimate of drug-likeness (QED) is 0.576. The molecule has 2 saturated heterocycles. The Labute approximate surface area is 194 Å². The SMILES string of the molecule is Cc1ncc(-c2ccc(C(C)(C)C(=O)Cc3cnc(N4C5COCC4C5)cn3)c(C)c2)cn1. The van der Waals surface area contributed by atoms with Crippen molar-refractivity contribution >= 4 is 11.6 Å². The molecule has 2 aliphatic heterocycles. The third kappa shape index (κ3) is 4.02. The molecule has 0 amide bonds. The van der Waals surface area contributed by atoms with Crippen LogP contribution in [0.2, 0.25) is 0 Å². The molecule has 2 aromatic heterocycles. The Hall–Kier alpha value is -3.19. The molecule has 7 heteroatoms. The predicted molar refractivity (Wildman–Crippen MR) is 126 cm³/mol. The molecule has 2 bridgehead atoms. The van der Waals surface area contributed by atoms with Crippen LogP contribution in [0.4, 0.5) is 5.82 Å². The van der Waals surface area contributed by atoms with E-state index in [9.17, 15) is 4.79 Å². The first kappa shape index (κ1) is 21.6. The Morgan fingerprint density at radius 1 is 1.00 bits per heavy atom. The average molecular weight is 444 g/mol. The molecule has 0 aliphatic carbocycles. The molecule has 2 unspecified atom stereocenters. The summed E-state index contributed by atoms with van der Waals surface area (Å²) in [6.45, 7) is 9.38. The number of hydrogen-bond donors (Lipinski definition) is 0. The summed E-state index contributed by atoms with van der Waals surface area (Å²) in [6.07, 6.45) is 8.61. The lowest BCUT2D eigenvalue weighted by molar-refractivity contribution is -0.122. The number of ether oxygens (including phenoxy) is 1. The molecular formula is C26H29N5O2. The number of morpholine rings is 1. The fourth-order valence-electron chi connectivity index (χ4n) is 4.91. The summed E-state index contributed by atoms with van der Waals surface area (Å²) in [5.41, 5.74) is 4.15. The van der Waals surface area contributed by atoms with Gasteiger partial charge >= 0.3 is 0 Å². The van der Waals surface area contributed by atoms with Gasteiger partial charge in [0.05, 0.1) is 49.8 Å². The Morgan fingerprint density at radius 2 is 1.73 bits per heavy atom. The molecule has 0 radical (unpaired) electrons. The van der Waals surface area contributed by atoms with Gasteiger partial charge in [0.1, 0.15) is 17.4 Å². The predicted octanol–water partition coefficient (Wildman–Crippen LogP) is 3.62. The van der Waals surface area contributed by atoms with Gasteiger partial charge in [-0.25, -0.2) is 15.0 Å².